The Morgan fingerprint density at radius 2 is 1.87 bits per heavy atom. The fourth-order valence-corrected chi connectivity index (χ4v) is 6.08. The molecule has 2 heterocycles. The third kappa shape index (κ3) is 4.07. The van der Waals surface area contributed by atoms with Crippen LogP contribution in [0.5, 0.6) is 0 Å². The highest BCUT2D eigenvalue weighted by atomic mass is 35.5. The fourth-order valence-electron chi connectivity index (χ4n) is 3.92. The summed E-state index contributed by atoms with van der Waals surface area (Å²) in [7, 11) is 0. The van der Waals surface area contributed by atoms with Crippen molar-refractivity contribution in [1.82, 2.24) is 9.97 Å². The molecule has 30 heavy (non-hydrogen) atoms. The molecule has 6 heteroatoms. The van der Waals surface area contributed by atoms with Crippen molar-refractivity contribution in [3.05, 3.63) is 81.4 Å². The van der Waals surface area contributed by atoms with Crippen molar-refractivity contribution in [1.29, 1.82) is 0 Å². The number of fused-ring (bicyclic) bond motifs is 3. The summed E-state index contributed by atoms with van der Waals surface area (Å²) < 4.78 is 0. The Morgan fingerprint density at radius 1 is 1.07 bits per heavy atom. The van der Waals surface area contributed by atoms with Crippen LogP contribution in [0.4, 0.5) is 5.82 Å². The van der Waals surface area contributed by atoms with Gasteiger partial charge < -0.3 is 5.32 Å². The zero-order valence-corrected chi connectivity index (χ0v) is 19.1. The number of nitrogens with zero attached hydrogens (tertiary/aromatic N) is 2. The van der Waals surface area contributed by atoms with E-state index in [0.717, 1.165) is 33.7 Å². The number of hydrogen-bond donors (Lipinski definition) is 1. The quantitative estimate of drug-likeness (QED) is 0.312. The number of aryl methyl sites for hydroxylation is 2. The van der Waals surface area contributed by atoms with Gasteiger partial charge in [-0.25, -0.2) is 9.97 Å². The molecule has 4 aromatic rings. The summed E-state index contributed by atoms with van der Waals surface area (Å²) in [5.74, 6) is 2.57. The van der Waals surface area contributed by atoms with Crippen LogP contribution >= 0.6 is 34.7 Å². The zero-order valence-electron chi connectivity index (χ0n) is 16.7. The van der Waals surface area contributed by atoms with Gasteiger partial charge in [-0.1, -0.05) is 41.9 Å². The van der Waals surface area contributed by atoms with E-state index in [4.69, 9.17) is 21.6 Å². The van der Waals surface area contributed by atoms with Gasteiger partial charge in [-0.15, -0.1) is 23.1 Å². The normalized spacial score (nSPS) is 14.1. The highest BCUT2D eigenvalue weighted by Crippen LogP contribution is 2.40. The van der Waals surface area contributed by atoms with Crippen LogP contribution in [-0.2, 0) is 18.6 Å². The van der Waals surface area contributed by atoms with Crippen molar-refractivity contribution in [2.75, 3.05) is 5.32 Å². The lowest BCUT2D eigenvalue weighted by atomic mass is 10.1. The molecule has 0 radical (unpaired) electrons. The maximum atomic E-state index is 6.01. The largest absolute Gasteiger partial charge is 0.363 e. The van der Waals surface area contributed by atoms with Crippen molar-refractivity contribution < 1.29 is 0 Å². The molecule has 5 rings (SSSR count). The highest BCUT2D eigenvalue weighted by molar-refractivity contribution is 7.98. The number of nitrogens with one attached hydrogen (secondary N) is 1. The molecule has 1 atom stereocenters. The molecule has 0 fully saturated rings. The van der Waals surface area contributed by atoms with E-state index in [1.807, 2.05) is 35.6 Å². The topological polar surface area (TPSA) is 37.8 Å². The SMILES string of the molecule is C[C@@H](Nc1nc(CSc2ccc(Cl)cc2)nc2sc3c(c12)CCC3)c1ccccc1. The monoisotopic (exact) mass is 451 g/mol. The van der Waals surface area contributed by atoms with Gasteiger partial charge in [0.05, 0.1) is 11.1 Å². The summed E-state index contributed by atoms with van der Waals surface area (Å²) >= 11 is 9.59. The summed E-state index contributed by atoms with van der Waals surface area (Å²) in [5, 5.41) is 5.68. The number of rotatable bonds is 6. The minimum atomic E-state index is 0.179. The van der Waals surface area contributed by atoms with E-state index >= 15 is 0 Å². The van der Waals surface area contributed by atoms with Crippen LogP contribution in [0.2, 0.25) is 5.02 Å². The average molecular weight is 452 g/mol. The summed E-state index contributed by atoms with van der Waals surface area (Å²) in [6.45, 7) is 2.19. The van der Waals surface area contributed by atoms with E-state index in [0.29, 0.717) is 0 Å². The van der Waals surface area contributed by atoms with E-state index in [1.54, 1.807) is 11.8 Å². The third-order valence-corrected chi connectivity index (χ3v) is 7.89. The van der Waals surface area contributed by atoms with E-state index in [9.17, 15) is 0 Å². The molecule has 2 aromatic heterocycles. The molecule has 0 saturated carbocycles. The number of thiophene rings is 1. The maximum Gasteiger partial charge on any atom is 0.142 e. The van der Waals surface area contributed by atoms with Gasteiger partial charge in [0, 0.05) is 20.8 Å². The molecule has 0 spiro atoms. The standard InChI is InChI=1S/C24H22ClN3S2/c1-15(16-6-3-2-4-7-16)26-23-22-19-8-5-9-20(19)30-24(22)28-21(27-23)14-29-18-12-10-17(25)11-13-18/h2-4,6-7,10-13,15H,5,8-9,14H2,1H3,(H,26,27,28)/t15-/m1/s1. The summed E-state index contributed by atoms with van der Waals surface area (Å²) in [6, 6.07) is 18.6. The first-order chi connectivity index (χ1) is 14.7. The van der Waals surface area contributed by atoms with Crippen molar-refractivity contribution in [3.8, 4) is 0 Å². The first kappa shape index (κ1) is 19.9. The smallest absolute Gasteiger partial charge is 0.142 e. The molecule has 0 saturated heterocycles. The molecule has 1 N–H and O–H groups in total. The van der Waals surface area contributed by atoms with Crippen LogP contribution in [-0.4, -0.2) is 9.97 Å². The number of halogens is 1. The van der Waals surface area contributed by atoms with Crippen molar-refractivity contribution in [3.63, 3.8) is 0 Å². The minimum absolute atomic E-state index is 0.179. The Bertz CT molecular complexity index is 1170. The molecule has 0 amide bonds. The molecular weight excluding hydrogens is 430 g/mol. The molecule has 0 bridgehead atoms. The van der Waals surface area contributed by atoms with Crippen LogP contribution in [0.1, 0.15) is 41.2 Å². The number of aromatic nitrogens is 2. The van der Waals surface area contributed by atoms with Crippen molar-refractivity contribution in [2.24, 2.45) is 0 Å². The Morgan fingerprint density at radius 3 is 2.67 bits per heavy atom. The summed E-state index contributed by atoms with van der Waals surface area (Å²) in [4.78, 5) is 13.7. The Kier molecular flexibility index (Phi) is 5.68. The van der Waals surface area contributed by atoms with Gasteiger partial charge >= 0.3 is 0 Å². The van der Waals surface area contributed by atoms with Gasteiger partial charge in [-0.05, 0) is 61.6 Å². The van der Waals surface area contributed by atoms with Crippen LogP contribution in [0.3, 0.4) is 0 Å². The maximum absolute atomic E-state index is 6.01. The predicted octanol–water partition coefficient (Wildman–Crippen LogP) is 7.30. The average Bonchev–Trinajstić information content (AvgIpc) is 3.35. The van der Waals surface area contributed by atoms with E-state index in [2.05, 4.69) is 42.6 Å². The molecule has 2 aromatic carbocycles. The number of anilines is 1. The van der Waals surface area contributed by atoms with Gasteiger partial charge in [0.15, 0.2) is 0 Å². The zero-order chi connectivity index (χ0) is 20.5. The minimum Gasteiger partial charge on any atom is -0.363 e. The van der Waals surface area contributed by atoms with E-state index < -0.39 is 0 Å². The molecule has 0 aliphatic heterocycles. The fraction of sp³-hybridized carbons (Fsp3) is 0.250. The van der Waals surface area contributed by atoms with Crippen molar-refractivity contribution >= 4 is 50.7 Å². The Hall–Kier alpha value is -2.08. The number of hydrogen-bond acceptors (Lipinski definition) is 5. The second-order valence-electron chi connectivity index (χ2n) is 7.55. The molecule has 1 aliphatic carbocycles. The molecule has 1 aliphatic rings. The highest BCUT2D eigenvalue weighted by Gasteiger charge is 2.23. The lowest BCUT2D eigenvalue weighted by Gasteiger charge is -2.17. The van der Waals surface area contributed by atoms with E-state index in [1.165, 1.54) is 39.1 Å². The molecule has 152 valence electrons. The molecule has 3 nitrogen and oxygen atoms in total. The van der Waals surface area contributed by atoms with Crippen LogP contribution in [0, 0.1) is 0 Å². The van der Waals surface area contributed by atoms with Crippen LogP contribution < -0.4 is 5.32 Å². The van der Waals surface area contributed by atoms with Crippen LogP contribution in [0.25, 0.3) is 10.2 Å². The predicted molar refractivity (Wildman–Crippen MR) is 129 cm³/mol. The van der Waals surface area contributed by atoms with E-state index in [-0.39, 0.29) is 6.04 Å². The van der Waals surface area contributed by atoms with Gasteiger partial charge in [0.2, 0.25) is 0 Å². The molecule has 0 unspecified atom stereocenters. The number of benzene rings is 2. The first-order valence-corrected chi connectivity index (χ1v) is 12.4. The first-order valence-electron chi connectivity index (χ1n) is 10.2. The van der Waals surface area contributed by atoms with Gasteiger partial charge in [-0.3, -0.25) is 0 Å². The summed E-state index contributed by atoms with van der Waals surface area (Å²) in [5.41, 5.74) is 2.71. The summed E-state index contributed by atoms with van der Waals surface area (Å²) in [6.07, 6.45) is 3.53. The number of thioether (sulfide) groups is 1. The van der Waals surface area contributed by atoms with Crippen molar-refractivity contribution in [2.45, 2.75) is 42.9 Å². The van der Waals surface area contributed by atoms with Gasteiger partial charge in [-0.2, -0.15) is 0 Å². The van der Waals surface area contributed by atoms with Gasteiger partial charge in [0.1, 0.15) is 16.5 Å². The Labute approximate surface area is 189 Å². The lowest BCUT2D eigenvalue weighted by molar-refractivity contribution is 0.870. The second kappa shape index (κ2) is 8.58. The third-order valence-electron chi connectivity index (χ3n) is 5.45. The lowest BCUT2D eigenvalue weighted by Crippen LogP contribution is -2.10. The van der Waals surface area contributed by atoms with Gasteiger partial charge in [0.25, 0.3) is 0 Å². The van der Waals surface area contributed by atoms with Crippen LogP contribution in [0.15, 0.2) is 59.5 Å². The molecular formula is C24H22ClN3S2. The Balaban J connectivity index is 1.47. The second-order valence-corrected chi connectivity index (χ2v) is 10.1.